The number of aryl methyl sites for hydroxylation is 4. The van der Waals surface area contributed by atoms with Gasteiger partial charge in [0.2, 0.25) is 5.91 Å². The Morgan fingerprint density at radius 1 is 1.12 bits per heavy atom. The van der Waals surface area contributed by atoms with E-state index in [0.717, 1.165) is 11.4 Å². The van der Waals surface area contributed by atoms with Crippen LogP contribution in [0.2, 0.25) is 0 Å². The highest BCUT2D eigenvalue weighted by molar-refractivity contribution is 5.94. The summed E-state index contributed by atoms with van der Waals surface area (Å²) in [4.78, 5) is 34.5. The summed E-state index contributed by atoms with van der Waals surface area (Å²) in [6.45, 7) is 7.79. The molecule has 0 aliphatic carbocycles. The number of H-pyrrole nitrogens is 1. The van der Waals surface area contributed by atoms with Gasteiger partial charge < -0.3 is 9.80 Å². The van der Waals surface area contributed by atoms with Gasteiger partial charge in [0.1, 0.15) is 11.9 Å². The SMILES string of the molecule is Cc1cc(C)n(CCC(=O)N2CCCN(C(=O)c3ccccc3)C(c3n[nH]c(C)n3)C2)n1. The van der Waals surface area contributed by atoms with Gasteiger partial charge in [0, 0.05) is 43.9 Å². The number of aromatic nitrogens is 5. The van der Waals surface area contributed by atoms with Crippen molar-refractivity contribution in [3.05, 3.63) is 65.0 Å². The lowest BCUT2D eigenvalue weighted by molar-refractivity contribution is -0.131. The molecule has 3 heterocycles. The molecule has 9 heteroatoms. The number of hydrogen-bond acceptors (Lipinski definition) is 5. The van der Waals surface area contributed by atoms with Crippen molar-refractivity contribution in [1.82, 2.24) is 34.8 Å². The number of nitrogens with zero attached hydrogens (tertiary/aromatic N) is 6. The van der Waals surface area contributed by atoms with Gasteiger partial charge in [-0.1, -0.05) is 18.2 Å². The first kappa shape index (κ1) is 21.7. The highest BCUT2D eigenvalue weighted by atomic mass is 16.2. The minimum Gasteiger partial charge on any atom is -0.340 e. The molecular weight excluding hydrogens is 406 g/mol. The first-order valence-corrected chi connectivity index (χ1v) is 11.0. The van der Waals surface area contributed by atoms with Crippen LogP contribution in [0.25, 0.3) is 0 Å². The third kappa shape index (κ3) is 4.71. The van der Waals surface area contributed by atoms with Gasteiger partial charge in [-0.15, -0.1) is 0 Å². The van der Waals surface area contributed by atoms with Gasteiger partial charge >= 0.3 is 0 Å². The van der Waals surface area contributed by atoms with Crippen molar-refractivity contribution < 1.29 is 9.59 Å². The summed E-state index contributed by atoms with van der Waals surface area (Å²) in [7, 11) is 0. The molecule has 4 rings (SSSR count). The molecule has 1 aliphatic rings. The van der Waals surface area contributed by atoms with E-state index < -0.39 is 6.04 Å². The van der Waals surface area contributed by atoms with Crippen LogP contribution in [0.15, 0.2) is 36.4 Å². The van der Waals surface area contributed by atoms with Gasteiger partial charge in [0.25, 0.3) is 5.91 Å². The van der Waals surface area contributed by atoms with Crippen LogP contribution >= 0.6 is 0 Å². The van der Waals surface area contributed by atoms with Crippen molar-refractivity contribution in [2.75, 3.05) is 19.6 Å². The second-order valence-corrected chi connectivity index (χ2v) is 8.25. The smallest absolute Gasteiger partial charge is 0.254 e. The van der Waals surface area contributed by atoms with Gasteiger partial charge in [-0.25, -0.2) is 4.98 Å². The lowest BCUT2D eigenvalue weighted by atomic mass is 10.1. The molecule has 168 valence electrons. The van der Waals surface area contributed by atoms with E-state index in [4.69, 9.17) is 0 Å². The Labute approximate surface area is 187 Å². The van der Waals surface area contributed by atoms with E-state index in [9.17, 15) is 9.59 Å². The molecule has 1 saturated heterocycles. The molecule has 32 heavy (non-hydrogen) atoms. The van der Waals surface area contributed by atoms with Crippen molar-refractivity contribution in [3.63, 3.8) is 0 Å². The van der Waals surface area contributed by atoms with E-state index in [2.05, 4.69) is 20.3 Å². The summed E-state index contributed by atoms with van der Waals surface area (Å²) in [5.74, 6) is 1.18. The number of carbonyl (C=O) groups excluding carboxylic acids is 2. The van der Waals surface area contributed by atoms with Gasteiger partial charge in [-0.05, 0) is 45.4 Å². The van der Waals surface area contributed by atoms with Crippen LogP contribution in [-0.4, -0.2) is 66.2 Å². The Bertz CT molecular complexity index is 1090. The van der Waals surface area contributed by atoms with E-state index in [1.165, 1.54) is 0 Å². The summed E-state index contributed by atoms with van der Waals surface area (Å²) in [6.07, 6.45) is 1.05. The van der Waals surface area contributed by atoms with Gasteiger partial charge in [-0.3, -0.25) is 19.4 Å². The second-order valence-electron chi connectivity index (χ2n) is 8.25. The van der Waals surface area contributed by atoms with Crippen LogP contribution in [0.3, 0.4) is 0 Å². The zero-order chi connectivity index (χ0) is 22.7. The Balaban J connectivity index is 1.53. The molecule has 2 amide bonds. The molecule has 0 saturated carbocycles. The minimum absolute atomic E-state index is 0.0452. The van der Waals surface area contributed by atoms with E-state index in [-0.39, 0.29) is 11.8 Å². The van der Waals surface area contributed by atoms with E-state index in [1.807, 2.05) is 66.8 Å². The second kappa shape index (κ2) is 9.33. The zero-order valence-corrected chi connectivity index (χ0v) is 18.8. The highest BCUT2D eigenvalue weighted by Crippen LogP contribution is 2.25. The Kier molecular flexibility index (Phi) is 6.34. The van der Waals surface area contributed by atoms with Crippen LogP contribution in [0.4, 0.5) is 0 Å². The Morgan fingerprint density at radius 2 is 1.91 bits per heavy atom. The maximum Gasteiger partial charge on any atom is 0.254 e. The fourth-order valence-electron chi connectivity index (χ4n) is 4.19. The molecule has 0 spiro atoms. The van der Waals surface area contributed by atoms with E-state index in [0.29, 0.717) is 56.2 Å². The first-order chi connectivity index (χ1) is 15.4. The minimum atomic E-state index is -0.409. The average Bonchev–Trinajstić information content (AvgIpc) is 3.27. The van der Waals surface area contributed by atoms with E-state index >= 15 is 0 Å². The van der Waals surface area contributed by atoms with Crippen molar-refractivity contribution in [1.29, 1.82) is 0 Å². The van der Waals surface area contributed by atoms with Gasteiger partial charge in [-0.2, -0.15) is 10.2 Å². The molecule has 3 aromatic rings. The Morgan fingerprint density at radius 3 is 2.56 bits per heavy atom. The zero-order valence-electron chi connectivity index (χ0n) is 18.8. The number of rotatable bonds is 5. The summed E-state index contributed by atoms with van der Waals surface area (Å²) in [6, 6.07) is 10.8. The molecule has 1 aliphatic heterocycles. The number of aromatic amines is 1. The summed E-state index contributed by atoms with van der Waals surface area (Å²) >= 11 is 0. The first-order valence-electron chi connectivity index (χ1n) is 11.0. The van der Waals surface area contributed by atoms with Crippen LogP contribution in [-0.2, 0) is 11.3 Å². The number of hydrogen-bond donors (Lipinski definition) is 1. The van der Waals surface area contributed by atoms with E-state index in [1.54, 1.807) is 4.90 Å². The topological polar surface area (TPSA) is 100 Å². The van der Waals surface area contributed by atoms with Crippen molar-refractivity contribution in [2.24, 2.45) is 0 Å². The molecule has 1 unspecified atom stereocenters. The van der Waals surface area contributed by atoms with Gasteiger partial charge in [0.15, 0.2) is 5.82 Å². The van der Waals surface area contributed by atoms with Crippen LogP contribution in [0.5, 0.6) is 0 Å². The molecule has 0 bridgehead atoms. The maximum absolute atomic E-state index is 13.3. The van der Waals surface area contributed by atoms with Crippen molar-refractivity contribution >= 4 is 11.8 Å². The number of carbonyl (C=O) groups is 2. The lowest BCUT2D eigenvalue weighted by Gasteiger charge is -2.30. The number of benzene rings is 1. The standard InChI is InChI=1S/C23H29N7O2/c1-16-14-17(2)30(27-16)13-10-21(31)28-11-7-12-29(23(32)19-8-5-4-6-9-19)20(15-28)22-24-18(3)25-26-22/h4-6,8-9,14,20H,7,10-13,15H2,1-3H3,(H,24,25,26). The average molecular weight is 436 g/mol. The predicted octanol–water partition coefficient (Wildman–Crippen LogP) is 2.43. The maximum atomic E-state index is 13.3. The normalized spacial score (nSPS) is 16.8. The van der Waals surface area contributed by atoms with Crippen LogP contribution in [0, 0.1) is 20.8 Å². The number of nitrogens with one attached hydrogen (secondary N) is 1. The third-order valence-corrected chi connectivity index (χ3v) is 5.78. The fraction of sp³-hybridized carbons (Fsp3) is 0.435. The molecule has 2 aromatic heterocycles. The molecule has 1 atom stereocenters. The third-order valence-electron chi connectivity index (χ3n) is 5.78. The van der Waals surface area contributed by atoms with Crippen LogP contribution in [0.1, 0.15) is 52.3 Å². The monoisotopic (exact) mass is 435 g/mol. The summed E-state index contributed by atoms with van der Waals surface area (Å²) < 4.78 is 1.87. The number of amides is 2. The largest absolute Gasteiger partial charge is 0.340 e. The van der Waals surface area contributed by atoms with Crippen molar-refractivity contribution in [2.45, 2.75) is 46.2 Å². The fourth-order valence-corrected chi connectivity index (χ4v) is 4.19. The molecule has 1 aromatic carbocycles. The molecule has 1 N–H and O–H groups in total. The predicted molar refractivity (Wildman–Crippen MR) is 119 cm³/mol. The quantitative estimate of drug-likeness (QED) is 0.663. The molecule has 0 radical (unpaired) electrons. The summed E-state index contributed by atoms with van der Waals surface area (Å²) in [5, 5.41) is 11.6. The van der Waals surface area contributed by atoms with Crippen molar-refractivity contribution in [3.8, 4) is 0 Å². The van der Waals surface area contributed by atoms with Gasteiger partial charge in [0.05, 0.1) is 5.69 Å². The summed E-state index contributed by atoms with van der Waals surface area (Å²) in [5.41, 5.74) is 2.61. The molecule has 1 fully saturated rings. The Hall–Kier alpha value is -3.49. The molecule has 9 nitrogen and oxygen atoms in total. The van der Waals surface area contributed by atoms with Crippen LogP contribution < -0.4 is 0 Å². The lowest BCUT2D eigenvalue weighted by Crippen LogP contribution is -2.41. The molecular formula is C23H29N7O2. The highest BCUT2D eigenvalue weighted by Gasteiger charge is 2.34.